The van der Waals surface area contributed by atoms with Crippen molar-refractivity contribution in [2.45, 2.75) is 6.18 Å². The molecule has 0 radical (unpaired) electrons. The molecule has 0 atom stereocenters. The fraction of sp³-hybridized carbons (Fsp3) is 0.100. The van der Waals surface area contributed by atoms with Crippen molar-refractivity contribution in [3.8, 4) is 11.5 Å². The summed E-state index contributed by atoms with van der Waals surface area (Å²) in [4.78, 5) is 11.4. The van der Waals surface area contributed by atoms with Crippen molar-refractivity contribution in [1.29, 1.82) is 0 Å². The summed E-state index contributed by atoms with van der Waals surface area (Å²) < 4.78 is 36.9. The van der Waals surface area contributed by atoms with Crippen LogP contribution in [0.2, 0.25) is 0 Å². The number of halogens is 3. The van der Waals surface area contributed by atoms with E-state index in [1.54, 1.807) is 0 Å². The Hall–Kier alpha value is -2.18. The van der Waals surface area contributed by atoms with Gasteiger partial charge in [-0.25, -0.2) is 9.97 Å². The molecule has 88 valence electrons. The van der Waals surface area contributed by atoms with Gasteiger partial charge in [-0.05, 0) is 18.2 Å². The van der Waals surface area contributed by atoms with Gasteiger partial charge >= 0.3 is 6.18 Å². The maximum Gasteiger partial charge on any atom is 0.417 e. The van der Waals surface area contributed by atoms with E-state index in [2.05, 4.69) is 15.0 Å². The normalized spacial score (nSPS) is 11.5. The zero-order valence-corrected chi connectivity index (χ0v) is 8.44. The highest BCUT2D eigenvalue weighted by Crippen LogP contribution is 2.29. The van der Waals surface area contributed by atoms with E-state index in [1.807, 2.05) is 0 Å². The fourth-order valence-electron chi connectivity index (χ4n) is 1.19. The second-order valence-electron chi connectivity index (χ2n) is 3.23. The highest BCUT2D eigenvalue weighted by atomic mass is 19.4. The maximum absolute atomic E-state index is 12.3. The predicted molar refractivity (Wildman–Crippen MR) is 54.7 cm³/mol. The zero-order valence-electron chi connectivity index (χ0n) is 8.44. The largest absolute Gasteiger partial charge is 0.417 e. The summed E-state index contributed by atoms with van der Waals surface area (Å²) in [6.45, 7) is 0. The van der Waals surface area contributed by atoms with Gasteiger partial charge in [0.15, 0.2) is 5.82 Å². The van der Waals surface area contributed by atoms with Crippen LogP contribution in [-0.4, -0.2) is 15.0 Å². The van der Waals surface area contributed by atoms with Crippen LogP contribution in [0, 0.1) is 0 Å². The number of nitrogens with zero attached hydrogens (tertiary/aromatic N) is 3. The molecule has 2 rings (SSSR count). The number of nitrogens with two attached hydrogens (primary N) is 1. The molecule has 0 saturated heterocycles. The molecular formula is C10H7F3N4. The van der Waals surface area contributed by atoms with Crippen LogP contribution in [0.5, 0.6) is 0 Å². The molecule has 4 nitrogen and oxygen atoms in total. The number of hydrogen-bond donors (Lipinski definition) is 1. The van der Waals surface area contributed by atoms with Gasteiger partial charge in [-0.2, -0.15) is 13.2 Å². The van der Waals surface area contributed by atoms with Gasteiger partial charge in [-0.3, -0.25) is 4.98 Å². The molecule has 0 amide bonds. The van der Waals surface area contributed by atoms with Gasteiger partial charge < -0.3 is 5.73 Å². The molecule has 2 aromatic heterocycles. The van der Waals surface area contributed by atoms with Crippen molar-refractivity contribution in [1.82, 2.24) is 15.0 Å². The minimum atomic E-state index is -4.40. The minimum absolute atomic E-state index is 0.193. The van der Waals surface area contributed by atoms with Gasteiger partial charge in [0.05, 0.1) is 5.56 Å². The lowest BCUT2D eigenvalue weighted by Crippen LogP contribution is -2.05. The number of aromatic nitrogens is 3. The van der Waals surface area contributed by atoms with Gasteiger partial charge in [-0.1, -0.05) is 0 Å². The Morgan fingerprint density at radius 1 is 1.06 bits per heavy atom. The Morgan fingerprint density at radius 2 is 1.82 bits per heavy atom. The quantitative estimate of drug-likeness (QED) is 0.829. The number of anilines is 1. The third kappa shape index (κ3) is 2.49. The summed E-state index contributed by atoms with van der Waals surface area (Å²) in [5, 5.41) is 0. The Morgan fingerprint density at radius 3 is 2.35 bits per heavy atom. The first kappa shape index (κ1) is 11.3. The van der Waals surface area contributed by atoms with Crippen molar-refractivity contribution in [3.05, 3.63) is 36.2 Å². The second-order valence-corrected chi connectivity index (χ2v) is 3.23. The van der Waals surface area contributed by atoms with Crippen LogP contribution >= 0.6 is 0 Å². The summed E-state index contributed by atoms with van der Waals surface area (Å²) in [5.74, 6) is 0.426. The lowest BCUT2D eigenvalue weighted by atomic mass is 10.2. The minimum Gasteiger partial charge on any atom is -0.384 e. The van der Waals surface area contributed by atoms with Crippen LogP contribution in [0.15, 0.2) is 30.6 Å². The van der Waals surface area contributed by atoms with E-state index in [4.69, 9.17) is 5.73 Å². The van der Waals surface area contributed by atoms with E-state index >= 15 is 0 Å². The first-order valence-corrected chi connectivity index (χ1v) is 4.59. The van der Waals surface area contributed by atoms with Gasteiger partial charge in [-0.15, -0.1) is 0 Å². The Bertz CT molecular complexity index is 522. The monoisotopic (exact) mass is 240 g/mol. The van der Waals surface area contributed by atoms with Crippen molar-refractivity contribution in [2.75, 3.05) is 5.73 Å². The molecule has 0 aliphatic carbocycles. The first-order valence-electron chi connectivity index (χ1n) is 4.59. The standard InChI is InChI=1S/C10H7F3N4/c11-10(12,13)6-1-2-7(16-5-6)9-15-4-3-8(14)17-9/h1-5H,(H2,14,15,17). The molecule has 2 aromatic rings. The lowest BCUT2D eigenvalue weighted by Gasteiger charge is -2.06. The highest BCUT2D eigenvalue weighted by Gasteiger charge is 2.30. The average Bonchev–Trinajstić information content (AvgIpc) is 2.28. The topological polar surface area (TPSA) is 64.7 Å². The van der Waals surface area contributed by atoms with Crippen molar-refractivity contribution < 1.29 is 13.2 Å². The molecule has 0 saturated carbocycles. The van der Waals surface area contributed by atoms with Crippen molar-refractivity contribution in [2.24, 2.45) is 0 Å². The zero-order chi connectivity index (χ0) is 12.5. The molecule has 0 aliphatic rings. The Labute approximate surface area is 94.3 Å². The molecule has 0 unspecified atom stereocenters. The Balaban J connectivity index is 2.36. The van der Waals surface area contributed by atoms with Crippen LogP contribution in [0.3, 0.4) is 0 Å². The Kier molecular flexibility index (Phi) is 2.66. The van der Waals surface area contributed by atoms with Gasteiger partial charge in [0.25, 0.3) is 0 Å². The molecule has 0 fully saturated rings. The predicted octanol–water partition coefficient (Wildman–Crippen LogP) is 2.14. The van der Waals surface area contributed by atoms with E-state index in [1.165, 1.54) is 18.3 Å². The van der Waals surface area contributed by atoms with E-state index < -0.39 is 11.7 Å². The number of nitrogen functional groups attached to an aromatic ring is 1. The molecule has 0 aromatic carbocycles. The summed E-state index contributed by atoms with van der Waals surface area (Å²) in [7, 11) is 0. The number of rotatable bonds is 1. The summed E-state index contributed by atoms with van der Waals surface area (Å²) in [5.41, 5.74) is 4.86. The molecule has 17 heavy (non-hydrogen) atoms. The van der Waals surface area contributed by atoms with E-state index in [0.29, 0.717) is 0 Å². The SMILES string of the molecule is Nc1ccnc(-c2ccc(C(F)(F)F)cn2)n1. The smallest absolute Gasteiger partial charge is 0.384 e. The number of hydrogen-bond acceptors (Lipinski definition) is 4. The fourth-order valence-corrected chi connectivity index (χ4v) is 1.19. The summed E-state index contributed by atoms with van der Waals surface area (Å²) in [6.07, 6.45) is -2.25. The van der Waals surface area contributed by atoms with Gasteiger partial charge in [0.2, 0.25) is 0 Å². The second kappa shape index (κ2) is 4.00. The van der Waals surface area contributed by atoms with Crippen LogP contribution in [0.25, 0.3) is 11.5 Å². The van der Waals surface area contributed by atoms with Crippen LogP contribution in [0.1, 0.15) is 5.56 Å². The molecule has 0 aliphatic heterocycles. The summed E-state index contributed by atoms with van der Waals surface area (Å²) >= 11 is 0. The van der Waals surface area contributed by atoms with Crippen LogP contribution < -0.4 is 5.73 Å². The summed E-state index contributed by atoms with van der Waals surface area (Å²) in [6, 6.07) is 3.61. The number of pyridine rings is 1. The third-order valence-corrected chi connectivity index (χ3v) is 2.00. The van der Waals surface area contributed by atoms with Crippen molar-refractivity contribution in [3.63, 3.8) is 0 Å². The molecule has 7 heteroatoms. The third-order valence-electron chi connectivity index (χ3n) is 2.00. The molecule has 2 heterocycles. The average molecular weight is 240 g/mol. The molecule has 2 N–H and O–H groups in total. The molecule has 0 bridgehead atoms. The van der Waals surface area contributed by atoms with E-state index in [0.717, 1.165) is 12.3 Å². The molecular weight excluding hydrogens is 233 g/mol. The van der Waals surface area contributed by atoms with Crippen LogP contribution in [-0.2, 0) is 6.18 Å². The van der Waals surface area contributed by atoms with Crippen LogP contribution in [0.4, 0.5) is 19.0 Å². The first-order chi connectivity index (χ1) is 7.97. The van der Waals surface area contributed by atoms with E-state index in [-0.39, 0.29) is 17.3 Å². The number of alkyl halides is 3. The van der Waals surface area contributed by atoms with E-state index in [9.17, 15) is 13.2 Å². The van der Waals surface area contributed by atoms with Gasteiger partial charge in [0.1, 0.15) is 11.5 Å². The van der Waals surface area contributed by atoms with Gasteiger partial charge in [0, 0.05) is 12.4 Å². The lowest BCUT2D eigenvalue weighted by molar-refractivity contribution is -0.137. The van der Waals surface area contributed by atoms with Crippen molar-refractivity contribution >= 4 is 5.82 Å². The highest BCUT2D eigenvalue weighted by molar-refractivity contribution is 5.51. The maximum atomic E-state index is 12.3. The molecule has 0 spiro atoms.